The van der Waals surface area contributed by atoms with Gasteiger partial charge in [-0.15, -0.1) is 0 Å². The molecule has 1 aliphatic carbocycles. The topological polar surface area (TPSA) is 43.9 Å². The van der Waals surface area contributed by atoms with Gasteiger partial charge in [0.1, 0.15) is 0 Å². The van der Waals surface area contributed by atoms with Crippen LogP contribution in [0.1, 0.15) is 42.4 Å². The zero-order valence-electron chi connectivity index (χ0n) is 19.2. The number of hydrogen-bond acceptors (Lipinski definition) is 4. The lowest BCUT2D eigenvalue weighted by Crippen LogP contribution is -2.48. The van der Waals surface area contributed by atoms with Crippen molar-refractivity contribution in [1.82, 2.24) is 9.21 Å². The normalized spacial score (nSPS) is 21.5. The number of hydrogen-bond donors (Lipinski definition) is 0. The standard InChI is InChI=1S/C26H35N3O2S/c1-21-6-10-26(11-7-21)32(30,31)29-18-16-28(17-19-29)25-9-8-22-12-14-27(15-13-23(22)20-25)24-4-2-3-5-24/h6-11,20,24H,2-5,12-19H2,1H3. The second-order valence-corrected chi connectivity index (χ2v) is 11.6. The van der Waals surface area contributed by atoms with Gasteiger partial charge in [-0.2, -0.15) is 4.31 Å². The Morgan fingerprint density at radius 3 is 2.12 bits per heavy atom. The Kier molecular flexibility index (Phi) is 6.28. The number of piperazine rings is 1. The second kappa shape index (κ2) is 9.16. The van der Waals surface area contributed by atoms with Crippen molar-refractivity contribution >= 4 is 15.7 Å². The van der Waals surface area contributed by atoms with E-state index in [1.807, 2.05) is 19.1 Å². The van der Waals surface area contributed by atoms with E-state index in [-0.39, 0.29) is 0 Å². The molecule has 1 saturated heterocycles. The number of nitrogens with zero attached hydrogens (tertiary/aromatic N) is 3. The van der Waals surface area contributed by atoms with E-state index in [1.165, 1.54) is 55.6 Å². The summed E-state index contributed by atoms with van der Waals surface area (Å²) in [4.78, 5) is 5.47. The highest BCUT2D eigenvalue weighted by Gasteiger charge is 2.29. The number of sulfonamides is 1. The molecule has 0 amide bonds. The lowest BCUT2D eigenvalue weighted by atomic mass is 10.0. The molecule has 0 spiro atoms. The van der Waals surface area contributed by atoms with Gasteiger partial charge in [0.25, 0.3) is 0 Å². The summed E-state index contributed by atoms with van der Waals surface area (Å²) in [5, 5.41) is 0. The number of benzene rings is 2. The van der Waals surface area contributed by atoms with Gasteiger partial charge in [0.2, 0.25) is 10.0 Å². The van der Waals surface area contributed by atoms with Crippen LogP contribution in [-0.2, 0) is 22.9 Å². The molecule has 0 aromatic heterocycles. The molecule has 2 fully saturated rings. The summed E-state index contributed by atoms with van der Waals surface area (Å²) >= 11 is 0. The number of anilines is 1. The van der Waals surface area contributed by atoms with E-state index in [4.69, 9.17) is 0 Å². The summed E-state index contributed by atoms with van der Waals surface area (Å²) in [5.41, 5.74) is 5.29. The van der Waals surface area contributed by atoms with Crippen LogP contribution in [0.15, 0.2) is 47.4 Å². The van der Waals surface area contributed by atoms with E-state index in [0.717, 1.165) is 37.5 Å². The van der Waals surface area contributed by atoms with Gasteiger partial charge in [0, 0.05) is 51.0 Å². The highest BCUT2D eigenvalue weighted by Crippen LogP contribution is 2.29. The molecular formula is C26H35N3O2S. The van der Waals surface area contributed by atoms with E-state index in [0.29, 0.717) is 18.0 Å². The molecular weight excluding hydrogens is 418 g/mol. The number of aryl methyl sites for hydroxylation is 1. The fourth-order valence-electron chi connectivity index (χ4n) is 5.61. The van der Waals surface area contributed by atoms with E-state index in [1.54, 1.807) is 16.4 Å². The Balaban J connectivity index is 1.23. The van der Waals surface area contributed by atoms with Crippen molar-refractivity contribution in [1.29, 1.82) is 0 Å². The smallest absolute Gasteiger partial charge is 0.243 e. The lowest BCUT2D eigenvalue weighted by molar-refractivity contribution is 0.208. The molecule has 172 valence electrons. The van der Waals surface area contributed by atoms with Crippen LogP contribution in [0.4, 0.5) is 5.69 Å². The predicted octanol–water partition coefficient (Wildman–Crippen LogP) is 3.85. The maximum absolute atomic E-state index is 13.0. The summed E-state index contributed by atoms with van der Waals surface area (Å²) in [6.45, 7) is 6.86. The van der Waals surface area contributed by atoms with Crippen LogP contribution in [0.25, 0.3) is 0 Å². The minimum absolute atomic E-state index is 0.397. The zero-order valence-corrected chi connectivity index (χ0v) is 20.0. The van der Waals surface area contributed by atoms with Crippen molar-refractivity contribution < 1.29 is 8.42 Å². The summed E-state index contributed by atoms with van der Waals surface area (Å²) < 4.78 is 27.7. The summed E-state index contributed by atoms with van der Waals surface area (Å²) in [6.07, 6.45) is 7.80. The number of rotatable bonds is 4. The maximum atomic E-state index is 13.0. The van der Waals surface area contributed by atoms with Crippen LogP contribution < -0.4 is 4.90 Å². The molecule has 0 bridgehead atoms. The fourth-order valence-corrected chi connectivity index (χ4v) is 7.03. The molecule has 0 unspecified atom stereocenters. The molecule has 0 N–H and O–H groups in total. The monoisotopic (exact) mass is 453 g/mol. The average molecular weight is 454 g/mol. The van der Waals surface area contributed by atoms with E-state index in [9.17, 15) is 8.42 Å². The third-order valence-corrected chi connectivity index (χ3v) is 9.54. The van der Waals surface area contributed by atoms with E-state index < -0.39 is 10.0 Å². The van der Waals surface area contributed by atoms with Gasteiger partial charge in [-0.3, -0.25) is 4.90 Å². The van der Waals surface area contributed by atoms with Crippen molar-refractivity contribution in [2.45, 2.75) is 56.4 Å². The molecule has 2 aliphatic heterocycles. The minimum Gasteiger partial charge on any atom is -0.369 e. The maximum Gasteiger partial charge on any atom is 0.243 e. The SMILES string of the molecule is Cc1ccc(S(=O)(=O)N2CCN(c3ccc4c(c3)CCN(C3CCCC3)CC4)CC2)cc1. The summed E-state index contributed by atoms with van der Waals surface area (Å²) in [7, 11) is -3.42. The molecule has 2 aromatic rings. The van der Waals surface area contributed by atoms with Crippen molar-refractivity contribution in [3.8, 4) is 0 Å². The van der Waals surface area contributed by atoms with E-state index >= 15 is 0 Å². The highest BCUT2D eigenvalue weighted by atomic mass is 32.2. The Labute approximate surface area is 193 Å². The van der Waals surface area contributed by atoms with Crippen molar-refractivity contribution in [2.24, 2.45) is 0 Å². The lowest BCUT2D eigenvalue weighted by Gasteiger charge is -2.35. The van der Waals surface area contributed by atoms with Gasteiger partial charge in [0.05, 0.1) is 4.90 Å². The first kappa shape index (κ1) is 21.9. The van der Waals surface area contributed by atoms with Gasteiger partial charge < -0.3 is 4.90 Å². The Hall–Kier alpha value is -1.89. The molecule has 3 aliphatic rings. The Bertz CT molecular complexity index is 1040. The predicted molar refractivity (Wildman–Crippen MR) is 130 cm³/mol. The van der Waals surface area contributed by atoms with E-state index in [2.05, 4.69) is 28.0 Å². The van der Waals surface area contributed by atoms with Crippen LogP contribution >= 0.6 is 0 Å². The number of fused-ring (bicyclic) bond motifs is 1. The van der Waals surface area contributed by atoms with Crippen LogP contribution in [-0.4, -0.2) is 62.9 Å². The molecule has 2 aromatic carbocycles. The van der Waals surface area contributed by atoms with Crippen molar-refractivity contribution in [3.05, 3.63) is 59.2 Å². The van der Waals surface area contributed by atoms with Crippen LogP contribution in [0, 0.1) is 6.92 Å². The fraction of sp³-hybridized carbons (Fsp3) is 0.538. The van der Waals surface area contributed by atoms with Gasteiger partial charge >= 0.3 is 0 Å². The van der Waals surface area contributed by atoms with Gasteiger partial charge in [-0.05, 0) is 68.0 Å². The summed E-state index contributed by atoms with van der Waals surface area (Å²) in [5.74, 6) is 0. The molecule has 5 nitrogen and oxygen atoms in total. The van der Waals surface area contributed by atoms with Crippen LogP contribution in [0.2, 0.25) is 0 Å². The van der Waals surface area contributed by atoms with Gasteiger partial charge in [0.15, 0.2) is 0 Å². The average Bonchev–Trinajstić information content (AvgIpc) is 3.26. The molecule has 0 atom stereocenters. The zero-order chi connectivity index (χ0) is 22.1. The largest absolute Gasteiger partial charge is 0.369 e. The van der Waals surface area contributed by atoms with Gasteiger partial charge in [-0.1, -0.05) is 36.6 Å². The van der Waals surface area contributed by atoms with Gasteiger partial charge in [-0.25, -0.2) is 8.42 Å². The minimum atomic E-state index is -3.42. The van der Waals surface area contributed by atoms with Crippen LogP contribution in [0.5, 0.6) is 0 Å². The molecule has 32 heavy (non-hydrogen) atoms. The van der Waals surface area contributed by atoms with Crippen molar-refractivity contribution in [2.75, 3.05) is 44.2 Å². The summed E-state index contributed by atoms with van der Waals surface area (Å²) in [6, 6.07) is 14.9. The molecule has 1 saturated carbocycles. The Morgan fingerprint density at radius 2 is 1.44 bits per heavy atom. The molecule has 0 radical (unpaired) electrons. The molecule has 6 heteroatoms. The first-order chi connectivity index (χ1) is 15.5. The highest BCUT2D eigenvalue weighted by molar-refractivity contribution is 7.89. The molecule has 2 heterocycles. The Morgan fingerprint density at radius 1 is 0.781 bits per heavy atom. The van der Waals surface area contributed by atoms with Crippen LogP contribution in [0.3, 0.4) is 0 Å². The molecule has 5 rings (SSSR count). The second-order valence-electron chi connectivity index (χ2n) is 9.63. The third-order valence-electron chi connectivity index (χ3n) is 7.63. The quantitative estimate of drug-likeness (QED) is 0.705. The first-order valence-electron chi connectivity index (χ1n) is 12.2. The van der Waals surface area contributed by atoms with Crippen molar-refractivity contribution in [3.63, 3.8) is 0 Å². The first-order valence-corrected chi connectivity index (χ1v) is 13.6. The third kappa shape index (κ3) is 4.45.